The lowest BCUT2D eigenvalue weighted by molar-refractivity contribution is -0.249. The summed E-state index contributed by atoms with van der Waals surface area (Å²) in [5, 5.41) is 36.6. The Morgan fingerprint density at radius 3 is 2.07 bits per heavy atom. The predicted molar refractivity (Wildman–Crippen MR) is 175 cm³/mol. The Morgan fingerprint density at radius 2 is 1.47 bits per heavy atom. The van der Waals surface area contributed by atoms with Crippen LogP contribution in [0.25, 0.3) is 0 Å². The highest BCUT2D eigenvalue weighted by atomic mass is 16.6. The summed E-state index contributed by atoms with van der Waals surface area (Å²) in [6.07, 6.45) is 7.08. The lowest BCUT2D eigenvalue weighted by atomic mass is 9.35. The molecule has 0 heterocycles. The summed E-state index contributed by atoms with van der Waals surface area (Å²) in [6.45, 7) is 22.5. The van der Waals surface area contributed by atoms with Crippen LogP contribution in [0.2, 0.25) is 0 Å². The summed E-state index contributed by atoms with van der Waals surface area (Å²) in [4.78, 5) is 24.9. The zero-order chi connectivity index (χ0) is 34.0. The number of amides is 1. The molecule has 4 fully saturated rings. The molecule has 0 saturated heterocycles. The Hall–Kier alpha value is -1.38. The highest BCUT2D eigenvalue weighted by Crippen LogP contribution is 2.76. The van der Waals surface area contributed by atoms with Crippen molar-refractivity contribution < 1.29 is 34.4 Å². The maximum Gasteiger partial charge on any atom is 0.408 e. The number of aliphatic hydroxyl groups is 3. The number of hydrogen-bond donors (Lipinski definition) is 4. The van der Waals surface area contributed by atoms with E-state index in [0.29, 0.717) is 24.7 Å². The van der Waals surface area contributed by atoms with Gasteiger partial charge in [0.2, 0.25) is 0 Å². The van der Waals surface area contributed by atoms with Gasteiger partial charge in [-0.05, 0) is 146 Å². The van der Waals surface area contributed by atoms with Gasteiger partial charge >= 0.3 is 12.1 Å². The van der Waals surface area contributed by atoms with Gasteiger partial charge in [-0.15, -0.1) is 0 Å². The minimum absolute atomic E-state index is 0.0174. The van der Waals surface area contributed by atoms with Gasteiger partial charge < -0.3 is 30.1 Å². The van der Waals surface area contributed by atoms with Crippen molar-refractivity contribution in [3.05, 3.63) is 0 Å². The van der Waals surface area contributed by atoms with Gasteiger partial charge in [-0.3, -0.25) is 4.79 Å². The summed E-state index contributed by atoms with van der Waals surface area (Å²) in [5.74, 6) is 0.270. The van der Waals surface area contributed by atoms with Gasteiger partial charge in [-0.1, -0.05) is 34.6 Å². The van der Waals surface area contributed by atoms with E-state index in [2.05, 4.69) is 39.9 Å². The molecule has 0 spiro atoms. The minimum Gasteiger partial charge on any atom is -0.460 e. The van der Waals surface area contributed by atoms with Crippen molar-refractivity contribution in [2.24, 2.45) is 45.3 Å². The van der Waals surface area contributed by atoms with E-state index < -0.39 is 35.0 Å². The molecule has 45 heavy (non-hydrogen) atoms. The summed E-state index contributed by atoms with van der Waals surface area (Å²) in [6, 6.07) is 0. The third-order valence-corrected chi connectivity index (χ3v) is 13.6. The number of hydrogen-bond acceptors (Lipinski definition) is 7. The second-order valence-electron chi connectivity index (χ2n) is 18.7. The Balaban J connectivity index is 1.49. The number of rotatable bonds is 8. The smallest absolute Gasteiger partial charge is 0.408 e. The molecule has 4 aliphatic rings. The maximum absolute atomic E-state index is 12.9. The van der Waals surface area contributed by atoms with E-state index in [1.165, 1.54) is 0 Å². The molecule has 4 aliphatic carbocycles. The van der Waals surface area contributed by atoms with Crippen LogP contribution in [0.3, 0.4) is 0 Å². The normalized spacial score (nSPS) is 40.8. The van der Waals surface area contributed by atoms with E-state index in [-0.39, 0.29) is 46.1 Å². The average molecular weight is 636 g/mol. The van der Waals surface area contributed by atoms with Crippen molar-refractivity contribution in [1.82, 2.24) is 5.32 Å². The third-order valence-electron chi connectivity index (χ3n) is 13.6. The molecule has 8 heteroatoms. The van der Waals surface area contributed by atoms with Crippen molar-refractivity contribution in [3.63, 3.8) is 0 Å². The first-order valence-electron chi connectivity index (χ1n) is 17.7. The number of carbonyl (C=O) groups excluding carboxylic acids is 2. The van der Waals surface area contributed by atoms with Crippen LogP contribution in [0.4, 0.5) is 4.79 Å². The molecule has 1 amide bonds. The molecule has 10 atom stereocenters. The molecule has 0 aromatic heterocycles. The molecule has 0 unspecified atom stereocenters. The number of carbonyl (C=O) groups is 2. The van der Waals surface area contributed by atoms with E-state index in [1.807, 2.05) is 20.8 Å². The highest BCUT2D eigenvalue weighted by molar-refractivity contribution is 5.78. The van der Waals surface area contributed by atoms with E-state index >= 15 is 0 Å². The number of ether oxygens (including phenoxy) is 2. The van der Waals surface area contributed by atoms with Gasteiger partial charge in [0.25, 0.3) is 0 Å². The van der Waals surface area contributed by atoms with Crippen LogP contribution >= 0.6 is 0 Å². The second kappa shape index (κ2) is 11.9. The molecular formula is C37H65NO7. The molecule has 0 radical (unpaired) electrons. The first-order valence-corrected chi connectivity index (χ1v) is 17.7. The fraction of sp³-hybridized carbons (Fsp3) is 0.946. The fourth-order valence-electron chi connectivity index (χ4n) is 11.4. The number of aliphatic hydroxyl groups excluding tert-OH is 1. The zero-order valence-corrected chi connectivity index (χ0v) is 30.2. The quantitative estimate of drug-likeness (QED) is 0.217. The van der Waals surface area contributed by atoms with Crippen LogP contribution in [-0.2, 0) is 14.3 Å². The Morgan fingerprint density at radius 1 is 0.844 bits per heavy atom. The van der Waals surface area contributed by atoms with Gasteiger partial charge in [0.05, 0.1) is 17.3 Å². The maximum atomic E-state index is 12.9. The largest absolute Gasteiger partial charge is 0.460 e. The summed E-state index contributed by atoms with van der Waals surface area (Å²) >= 11 is 0. The topological polar surface area (TPSA) is 125 Å². The molecule has 4 N–H and O–H groups in total. The lowest BCUT2D eigenvalue weighted by Crippen LogP contribution is -2.66. The first-order chi connectivity index (χ1) is 20.4. The Bertz CT molecular complexity index is 1110. The van der Waals surface area contributed by atoms with E-state index in [9.17, 15) is 24.9 Å². The van der Waals surface area contributed by atoms with Gasteiger partial charge in [-0.25, -0.2) is 4.79 Å². The number of nitrogens with one attached hydrogen (secondary N) is 1. The van der Waals surface area contributed by atoms with Crippen molar-refractivity contribution >= 4 is 12.1 Å². The van der Waals surface area contributed by atoms with Crippen molar-refractivity contribution in [3.8, 4) is 0 Å². The minimum atomic E-state index is -0.888. The zero-order valence-electron chi connectivity index (χ0n) is 30.2. The lowest BCUT2D eigenvalue weighted by Gasteiger charge is -2.70. The van der Waals surface area contributed by atoms with Crippen molar-refractivity contribution in [2.45, 2.75) is 169 Å². The molecule has 0 aromatic rings. The van der Waals surface area contributed by atoms with E-state index in [4.69, 9.17) is 9.47 Å². The second-order valence-corrected chi connectivity index (χ2v) is 18.7. The van der Waals surface area contributed by atoms with Crippen LogP contribution in [0.1, 0.15) is 140 Å². The van der Waals surface area contributed by atoms with Gasteiger partial charge in [0.15, 0.2) is 0 Å². The van der Waals surface area contributed by atoms with Gasteiger partial charge in [0, 0.05) is 5.41 Å². The van der Waals surface area contributed by atoms with Crippen LogP contribution in [0.15, 0.2) is 0 Å². The van der Waals surface area contributed by atoms with E-state index in [1.54, 1.807) is 20.8 Å². The molecule has 4 rings (SSSR count). The predicted octanol–water partition coefficient (Wildman–Crippen LogP) is 6.77. The van der Waals surface area contributed by atoms with Gasteiger partial charge in [-0.2, -0.15) is 0 Å². The molecule has 8 nitrogen and oxygen atoms in total. The van der Waals surface area contributed by atoms with Crippen molar-refractivity contribution in [1.29, 1.82) is 0 Å². The average Bonchev–Trinajstić information content (AvgIpc) is 3.25. The van der Waals surface area contributed by atoms with Crippen molar-refractivity contribution in [2.75, 3.05) is 6.54 Å². The molecule has 4 saturated carbocycles. The molecule has 0 bridgehead atoms. The van der Waals surface area contributed by atoms with Crippen LogP contribution in [-0.4, -0.2) is 62.9 Å². The number of fused-ring (bicyclic) bond motifs is 5. The summed E-state index contributed by atoms with van der Waals surface area (Å²) < 4.78 is 11.3. The van der Waals surface area contributed by atoms with Crippen LogP contribution < -0.4 is 5.32 Å². The number of esters is 1. The molecular weight excluding hydrogens is 570 g/mol. The molecule has 0 aliphatic heterocycles. The standard InChI is InChI=1S/C37H65NO7/c1-31(2,3)45-30(41)38-22-28(40)44-27-15-18-34(8)25(33(27,6)7)14-20-35(9)26(34)21-24(39)29-23(13-19-36(29,35)10)37(11,43)17-12-16-32(4,5)42/h23-27,29,39,42-43H,12-22H2,1-11H3,(H,38,41)/t23-,24+,25-,26+,27-,29-,34-,35+,36+,37+/m0/s1. The molecule has 0 aromatic carbocycles. The third kappa shape index (κ3) is 6.81. The van der Waals surface area contributed by atoms with E-state index in [0.717, 1.165) is 51.4 Å². The Kier molecular flexibility index (Phi) is 9.68. The molecule has 260 valence electrons. The number of alkyl carbamates (subject to hydrolysis) is 1. The SMILES string of the molecule is CC(C)(O)CCC[C@@](C)(O)[C@H]1CC[C@]2(C)[C@@H]1[C@H](O)C[C@@H]1[C@@]3(C)CC[C@H](OC(=O)CNC(=O)OC(C)(C)C)C(C)(C)[C@@H]3CC[C@]12C. The Labute approximate surface area is 272 Å². The first kappa shape index (κ1) is 36.5. The monoisotopic (exact) mass is 635 g/mol. The van der Waals surface area contributed by atoms with Crippen LogP contribution in [0, 0.1) is 45.3 Å². The highest BCUT2D eigenvalue weighted by Gasteiger charge is 2.71. The summed E-state index contributed by atoms with van der Waals surface area (Å²) in [7, 11) is 0. The van der Waals surface area contributed by atoms with Gasteiger partial charge in [0.1, 0.15) is 18.2 Å². The van der Waals surface area contributed by atoms with Crippen LogP contribution in [0.5, 0.6) is 0 Å². The summed E-state index contributed by atoms with van der Waals surface area (Å²) in [5.41, 5.74) is -2.62. The fourth-order valence-corrected chi connectivity index (χ4v) is 11.4.